The molecule has 3 aromatic carbocycles. The summed E-state index contributed by atoms with van der Waals surface area (Å²) in [5.74, 6) is 0.964. The van der Waals surface area contributed by atoms with E-state index in [-0.39, 0.29) is 0 Å². The predicted molar refractivity (Wildman–Crippen MR) is 117 cm³/mol. The minimum atomic E-state index is 0.964. The smallest absolute Gasteiger partial charge is 0.142 e. The maximum atomic E-state index is 5.70. The Bertz CT molecular complexity index is 1010. The number of piperazine rings is 1. The Hall–Kier alpha value is -2.72. The van der Waals surface area contributed by atoms with E-state index in [0.29, 0.717) is 0 Å². The molecule has 0 N–H and O–H groups in total. The lowest BCUT2D eigenvalue weighted by Gasteiger charge is -2.35. The first-order chi connectivity index (χ1) is 13.7. The van der Waals surface area contributed by atoms with Crippen molar-refractivity contribution in [3.63, 3.8) is 0 Å². The van der Waals surface area contributed by atoms with Crippen LogP contribution in [-0.2, 0) is 6.42 Å². The normalized spacial score (nSPS) is 17.2. The van der Waals surface area contributed by atoms with E-state index >= 15 is 0 Å². The van der Waals surface area contributed by atoms with Crippen molar-refractivity contribution in [1.29, 1.82) is 0 Å². The van der Waals surface area contributed by atoms with Gasteiger partial charge >= 0.3 is 0 Å². The minimum Gasteiger partial charge on any atom is -0.495 e. The van der Waals surface area contributed by atoms with Gasteiger partial charge in [0.25, 0.3) is 0 Å². The van der Waals surface area contributed by atoms with Gasteiger partial charge in [-0.05, 0) is 54.1 Å². The van der Waals surface area contributed by atoms with Crippen LogP contribution in [-0.4, -0.2) is 51.8 Å². The molecular weight excluding hydrogens is 346 g/mol. The van der Waals surface area contributed by atoms with Gasteiger partial charge in [0.2, 0.25) is 0 Å². The van der Waals surface area contributed by atoms with Gasteiger partial charge in [-0.1, -0.05) is 30.3 Å². The van der Waals surface area contributed by atoms with Crippen molar-refractivity contribution in [3.8, 4) is 5.75 Å². The number of rotatable bonds is 3. The molecule has 0 bridgehead atoms. The van der Waals surface area contributed by atoms with Crippen LogP contribution in [0.1, 0.15) is 5.56 Å². The summed E-state index contributed by atoms with van der Waals surface area (Å²) in [7, 11) is 3.96. The first-order valence-electron chi connectivity index (χ1n) is 10.1. The Morgan fingerprint density at radius 3 is 2.46 bits per heavy atom. The molecule has 0 aliphatic carbocycles. The molecule has 0 spiro atoms. The molecule has 3 aromatic rings. The minimum absolute atomic E-state index is 0.964. The molecular formula is C24H27N3O. The van der Waals surface area contributed by atoms with E-state index in [1.807, 2.05) is 0 Å². The van der Waals surface area contributed by atoms with Crippen LogP contribution < -0.4 is 14.5 Å². The van der Waals surface area contributed by atoms with Crippen LogP contribution in [0.2, 0.25) is 0 Å². The molecule has 1 fully saturated rings. The third-order valence-electron chi connectivity index (χ3n) is 6.21. The van der Waals surface area contributed by atoms with Gasteiger partial charge in [-0.25, -0.2) is 0 Å². The molecule has 2 aliphatic rings. The van der Waals surface area contributed by atoms with Gasteiger partial charge in [-0.3, -0.25) is 0 Å². The lowest BCUT2D eigenvalue weighted by Crippen LogP contribution is -2.44. The van der Waals surface area contributed by atoms with Crippen molar-refractivity contribution >= 4 is 27.8 Å². The second kappa shape index (κ2) is 7.02. The van der Waals surface area contributed by atoms with E-state index in [9.17, 15) is 0 Å². The first kappa shape index (κ1) is 17.4. The SMILES string of the molecule is COc1ccc(N2CCc3c2ccc2ccccc32)cc1N1CCN(C)CC1. The lowest BCUT2D eigenvalue weighted by atomic mass is 10.0. The lowest BCUT2D eigenvalue weighted by molar-refractivity contribution is 0.311. The molecule has 144 valence electrons. The number of ether oxygens (including phenoxy) is 1. The maximum Gasteiger partial charge on any atom is 0.142 e. The molecule has 2 heterocycles. The van der Waals surface area contributed by atoms with E-state index in [1.165, 1.54) is 33.4 Å². The second-order valence-corrected chi connectivity index (χ2v) is 7.83. The molecule has 4 heteroatoms. The Morgan fingerprint density at radius 2 is 1.64 bits per heavy atom. The molecule has 4 nitrogen and oxygen atoms in total. The van der Waals surface area contributed by atoms with Crippen molar-refractivity contribution in [3.05, 3.63) is 60.2 Å². The zero-order chi connectivity index (χ0) is 19.1. The summed E-state index contributed by atoms with van der Waals surface area (Å²) < 4.78 is 5.70. The van der Waals surface area contributed by atoms with Crippen LogP contribution in [0.25, 0.3) is 10.8 Å². The third kappa shape index (κ3) is 2.89. The molecule has 0 radical (unpaired) electrons. The summed E-state index contributed by atoms with van der Waals surface area (Å²) in [4.78, 5) is 7.30. The van der Waals surface area contributed by atoms with Gasteiger partial charge < -0.3 is 19.4 Å². The zero-order valence-corrected chi connectivity index (χ0v) is 16.7. The van der Waals surface area contributed by atoms with Crippen molar-refractivity contribution in [1.82, 2.24) is 4.90 Å². The summed E-state index contributed by atoms with van der Waals surface area (Å²) in [6.07, 6.45) is 1.09. The van der Waals surface area contributed by atoms with Crippen LogP contribution in [0, 0.1) is 0 Å². The van der Waals surface area contributed by atoms with Crippen LogP contribution in [0.5, 0.6) is 5.75 Å². The summed E-state index contributed by atoms with van der Waals surface area (Å²) in [5, 5.41) is 2.71. The highest BCUT2D eigenvalue weighted by Gasteiger charge is 2.24. The Labute approximate surface area is 166 Å². The van der Waals surface area contributed by atoms with Crippen molar-refractivity contribution in [2.75, 3.05) is 56.7 Å². The Morgan fingerprint density at radius 1 is 0.821 bits per heavy atom. The average molecular weight is 374 g/mol. The number of nitrogens with zero attached hydrogens (tertiary/aromatic N) is 3. The monoisotopic (exact) mass is 373 g/mol. The van der Waals surface area contributed by atoms with Crippen LogP contribution in [0.15, 0.2) is 54.6 Å². The first-order valence-corrected chi connectivity index (χ1v) is 10.1. The largest absolute Gasteiger partial charge is 0.495 e. The number of benzene rings is 3. The van der Waals surface area contributed by atoms with Gasteiger partial charge in [-0.2, -0.15) is 0 Å². The number of likely N-dealkylation sites (N-methyl/N-ethyl adjacent to an activating group) is 1. The average Bonchev–Trinajstić information content (AvgIpc) is 3.18. The van der Waals surface area contributed by atoms with E-state index < -0.39 is 0 Å². The summed E-state index contributed by atoms with van der Waals surface area (Å²) in [5.41, 5.74) is 5.27. The summed E-state index contributed by atoms with van der Waals surface area (Å²) in [6.45, 7) is 5.28. The zero-order valence-electron chi connectivity index (χ0n) is 16.7. The number of methoxy groups -OCH3 is 1. The van der Waals surface area contributed by atoms with Crippen LogP contribution in [0.3, 0.4) is 0 Å². The highest BCUT2D eigenvalue weighted by molar-refractivity contribution is 5.93. The van der Waals surface area contributed by atoms with E-state index in [0.717, 1.165) is 44.9 Å². The fourth-order valence-corrected chi connectivity index (χ4v) is 4.59. The molecule has 5 rings (SSSR count). The van der Waals surface area contributed by atoms with Crippen molar-refractivity contribution in [2.45, 2.75) is 6.42 Å². The van der Waals surface area contributed by atoms with Gasteiger partial charge in [0, 0.05) is 44.1 Å². The van der Waals surface area contributed by atoms with E-state index in [2.05, 4.69) is 76.3 Å². The standard InChI is InChI=1S/C24H27N3O/c1-25-13-15-26(16-14-25)23-17-19(8-10-24(23)28-2)27-12-11-21-20-6-4-3-5-18(20)7-9-22(21)27/h3-10,17H,11-16H2,1-2H3. The fraction of sp³-hybridized carbons (Fsp3) is 0.333. The predicted octanol–water partition coefficient (Wildman–Crippen LogP) is 4.29. The number of anilines is 3. The number of fused-ring (bicyclic) bond motifs is 3. The quantitative estimate of drug-likeness (QED) is 0.681. The van der Waals surface area contributed by atoms with E-state index in [4.69, 9.17) is 4.74 Å². The third-order valence-corrected chi connectivity index (χ3v) is 6.21. The maximum absolute atomic E-state index is 5.70. The highest BCUT2D eigenvalue weighted by Crippen LogP contribution is 2.41. The van der Waals surface area contributed by atoms with Gasteiger partial charge in [0.05, 0.1) is 12.8 Å². The second-order valence-electron chi connectivity index (χ2n) is 7.83. The van der Waals surface area contributed by atoms with Gasteiger partial charge in [0.15, 0.2) is 0 Å². The van der Waals surface area contributed by atoms with Gasteiger partial charge in [-0.15, -0.1) is 0 Å². The summed E-state index contributed by atoms with van der Waals surface area (Å²) in [6, 6.07) is 19.9. The Kier molecular flexibility index (Phi) is 4.36. The molecule has 1 saturated heterocycles. The summed E-state index contributed by atoms with van der Waals surface area (Å²) >= 11 is 0. The molecule has 0 aromatic heterocycles. The number of hydrogen-bond donors (Lipinski definition) is 0. The molecule has 0 amide bonds. The molecule has 0 saturated carbocycles. The Balaban J connectivity index is 1.53. The van der Waals surface area contributed by atoms with Crippen molar-refractivity contribution in [2.24, 2.45) is 0 Å². The van der Waals surface area contributed by atoms with Gasteiger partial charge in [0.1, 0.15) is 5.75 Å². The van der Waals surface area contributed by atoms with Crippen LogP contribution in [0.4, 0.5) is 17.1 Å². The fourth-order valence-electron chi connectivity index (χ4n) is 4.59. The van der Waals surface area contributed by atoms with E-state index in [1.54, 1.807) is 7.11 Å². The molecule has 2 aliphatic heterocycles. The molecule has 0 unspecified atom stereocenters. The van der Waals surface area contributed by atoms with Crippen molar-refractivity contribution < 1.29 is 4.74 Å². The van der Waals surface area contributed by atoms with Crippen LogP contribution >= 0.6 is 0 Å². The highest BCUT2D eigenvalue weighted by atomic mass is 16.5. The molecule has 0 atom stereocenters. The molecule has 28 heavy (non-hydrogen) atoms. The number of hydrogen-bond acceptors (Lipinski definition) is 4. The topological polar surface area (TPSA) is 19.0 Å².